The van der Waals surface area contributed by atoms with Crippen molar-refractivity contribution in [2.45, 2.75) is 39.3 Å². The fourth-order valence-electron chi connectivity index (χ4n) is 0.990. The Bertz CT molecular complexity index is 233. The minimum absolute atomic E-state index is 0.0616. The lowest BCUT2D eigenvalue weighted by Crippen LogP contribution is -2.46. The fourth-order valence-corrected chi connectivity index (χ4v) is 0.990. The van der Waals surface area contributed by atoms with E-state index in [1.165, 1.54) is 0 Å². The van der Waals surface area contributed by atoms with Crippen LogP contribution in [-0.2, 0) is 9.53 Å². The number of rotatable bonds is 7. The second-order valence-electron chi connectivity index (χ2n) is 3.66. The van der Waals surface area contributed by atoms with E-state index in [0.717, 1.165) is 6.42 Å². The van der Waals surface area contributed by atoms with Crippen LogP contribution in [0.5, 0.6) is 0 Å². The van der Waals surface area contributed by atoms with Gasteiger partial charge in [-0.05, 0) is 20.3 Å². The molecule has 0 aliphatic carbocycles. The van der Waals surface area contributed by atoms with Crippen LogP contribution in [0.4, 0.5) is 4.79 Å². The zero-order chi connectivity index (χ0) is 12.6. The van der Waals surface area contributed by atoms with E-state index in [-0.39, 0.29) is 24.6 Å². The molecule has 0 aliphatic rings. The van der Waals surface area contributed by atoms with Crippen LogP contribution >= 0.6 is 0 Å². The number of carbonyl (C=O) groups excluding carboxylic acids is 2. The van der Waals surface area contributed by atoms with Crippen LogP contribution in [0.15, 0.2) is 0 Å². The highest BCUT2D eigenvalue weighted by Crippen LogP contribution is 1.90. The molecule has 6 heteroatoms. The zero-order valence-corrected chi connectivity index (χ0v) is 10.1. The van der Waals surface area contributed by atoms with Crippen LogP contribution in [0.2, 0.25) is 0 Å². The van der Waals surface area contributed by atoms with Crippen molar-refractivity contribution in [3.05, 3.63) is 0 Å². The topological polar surface area (TPSA) is 93.4 Å². The first-order valence-electron chi connectivity index (χ1n) is 5.43. The first-order valence-corrected chi connectivity index (χ1v) is 5.43. The molecule has 0 radical (unpaired) electrons. The first kappa shape index (κ1) is 14.7. The van der Waals surface area contributed by atoms with Gasteiger partial charge < -0.3 is 21.1 Å². The van der Waals surface area contributed by atoms with Gasteiger partial charge >= 0.3 is 6.09 Å². The number of amides is 2. The van der Waals surface area contributed by atoms with Gasteiger partial charge in [0, 0.05) is 12.6 Å². The highest BCUT2D eigenvalue weighted by molar-refractivity contribution is 5.81. The second kappa shape index (κ2) is 7.92. The van der Waals surface area contributed by atoms with Gasteiger partial charge in [0.05, 0.1) is 6.04 Å². The third kappa shape index (κ3) is 7.05. The molecule has 0 saturated heterocycles. The molecule has 0 bridgehead atoms. The molecule has 0 fully saturated rings. The molecule has 6 nitrogen and oxygen atoms in total. The summed E-state index contributed by atoms with van der Waals surface area (Å²) in [4.78, 5) is 21.8. The molecule has 0 saturated carbocycles. The van der Waals surface area contributed by atoms with Gasteiger partial charge in [-0.2, -0.15) is 0 Å². The summed E-state index contributed by atoms with van der Waals surface area (Å²) in [6.45, 7) is 6.26. The molecular formula is C10H21N3O3. The number of primary amides is 1. The largest absolute Gasteiger partial charge is 0.448 e. The normalized spacial score (nSPS) is 13.9. The second-order valence-corrected chi connectivity index (χ2v) is 3.66. The van der Waals surface area contributed by atoms with Gasteiger partial charge in [0.2, 0.25) is 5.91 Å². The number of nitrogens with one attached hydrogen (secondary N) is 2. The molecule has 0 rings (SSSR count). The average Bonchev–Trinajstić information content (AvgIpc) is 2.23. The van der Waals surface area contributed by atoms with E-state index in [1.807, 2.05) is 13.8 Å². The van der Waals surface area contributed by atoms with Gasteiger partial charge in [-0.25, -0.2) is 4.79 Å². The van der Waals surface area contributed by atoms with Crippen molar-refractivity contribution >= 4 is 12.0 Å². The Hall–Kier alpha value is -1.30. The van der Waals surface area contributed by atoms with E-state index in [2.05, 4.69) is 15.4 Å². The fraction of sp³-hybridized carbons (Fsp3) is 0.800. The molecule has 0 aliphatic heterocycles. The summed E-state index contributed by atoms with van der Waals surface area (Å²) in [5, 5.41) is 5.77. The lowest BCUT2D eigenvalue weighted by atomic mass is 10.2. The summed E-state index contributed by atoms with van der Waals surface area (Å²) >= 11 is 0. The van der Waals surface area contributed by atoms with Crippen LogP contribution in [-0.4, -0.2) is 37.2 Å². The van der Waals surface area contributed by atoms with Crippen molar-refractivity contribution in [3.63, 3.8) is 0 Å². The van der Waals surface area contributed by atoms with Crippen molar-refractivity contribution in [2.75, 3.05) is 13.2 Å². The van der Waals surface area contributed by atoms with Crippen molar-refractivity contribution < 1.29 is 14.3 Å². The number of nitrogens with two attached hydrogens (primary N) is 1. The van der Waals surface area contributed by atoms with Crippen LogP contribution in [0.1, 0.15) is 27.2 Å². The SMILES string of the molecule is CCC(C)NC(=O)C(C)NCCOC(N)=O. The standard InChI is InChI=1S/C10H21N3O3/c1-4-7(2)13-9(14)8(3)12-5-6-16-10(11)15/h7-8,12H,4-6H2,1-3H3,(H2,11,15)(H,13,14). The lowest BCUT2D eigenvalue weighted by molar-refractivity contribution is -0.123. The van der Waals surface area contributed by atoms with Crippen LogP contribution in [0.25, 0.3) is 0 Å². The van der Waals surface area contributed by atoms with E-state index < -0.39 is 6.09 Å². The lowest BCUT2D eigenvalue weighted by Gasteiger charge is -2.17. The predicted molar refractivity (Wildman–Crippen MR) is 60.9 cm³/mol. The third-order valence-corrected chi connectivity index (χ3v) is 2.19. The highest BCUT2D eigenvalue weighted by atomic mass is 16.5. The van der Waals surface area contributed by atoms with Crippen molar-refractivity contribution in [1.82, 2.24) is 10.6 Å². The van der Waals surface area contributed by atoms with Gasteiger partial charge in [-0.3, -0.25) is 4.79 Å². The maximum atomic E-state index is 11.5. The van der Waals surface area contributed by atoms with Crippen LogP contribution in [0, 0.1) is 0 Å². The van der Waals surface area contributed by atoms with Crippen molar-refractivity contribution in [2.24, 2.45) is 5.73 Å². The van der Waals surface area contributed by atoms with E-state index in [9.17, 15) is 9.59 Å². The van der Waals surface area contributed by atoms with Gasteiger partial charge in [-0.15, -0.1) is 0 Å². The number of hydrogen-bond donors (Lipinski definition) is 3. The van der Waals surface area contributed by atoms with Gasteiger partial charge in [0.25, 0.3) is 0 Å². The minimum Gasteiger partial charge on any atom is -0.448 e. The van der Waals surface area contributed by atoms with E-state index in [0.29, 0.717) is 6.54 Å². The Morgan fingerprint density at radius 2 is 2.00 bits per heavy atom. The summed E-state index contributed by atoms with van der Waals surface area (Å²) in [7, 11) is 0. The van der Waals surface area contributed by atoms with E-state index in [1.54, 1.807) is 6.92 Å². The monoisotopic (exact) mass is 231 g/mol. The third-order valence-electron chi connectivity index (χ3n) is 2.19. The molecule has 0 aromatic rings. The number of carbonyl (C=O) groups is 2. The van der Waals surface area contributed by atoms with Crippen LogP contribution in [0.3, 0.4) is 0 Å². The molecule has 0 aromatic carbocycles. The highest BCUT2D eigenvalue weighted by Gasteiger charge is 2.13. The average molecular weight is 231 g/mol. The molecule has 2 atom stereocenters. The maximum Gasteiger partial charge on any atom is 0.404 e. The van der Waals surface area contributed by atoms with Gasteiger partial charge in [0.15, 0.2) is 0 Å². The maximum absolute atomic E-state index is 11.5. The molecule has 2 amide bonds. The molecular weight excluding hydrogens is 210 g/mol. The molecule has 0 spiro atoms. The van der Waals surface area contributed by atoms with Crippen molar-refractivity contribution in [3.8, 4) is 0 Å². The Morgan fingerprint density at radius 3 is 2.50 bits per heavy atom. The summed E-state index contributed by atoms with van der Waals surface area (Å²) in [5.41, 5.74) is 4.78. The Balaban J connectivity index is 3.67. The quantitative estimate of drug-likeness (QED) is 0.536. The Morgan fingerprint density at radius 1 is 1.38 bits per heavy atom. The summed E-state index contributed by atoms with van der Waals surface area (Å²) in [6.07, 6.45) is 0.0852. The predicted octanol–water partition coefficient (Wildman–Crippen LogP) is -0.0255. The van der Waals surface area contributed by atoms with E-state index >= 15 is 0 Å². The number of hydrogen-bond acceptors (Lipinski definition) is 4. The minimum atomic E-state index is -0.807. The van der Waals surface area contributed by atoms with E-state index in [4.69, 9.17) is 5.73 Å². The number of ether oxygens (including phenoxy) is 1. The molecule has 94 valence electrons. The van der Waals surface area contributed by atoms with Gasteiger partial charge in [-0.1, -0.05) is 6.92 Å². The zero-order valence-electron chi connectivity index (χ0n) is 10.1. The van der Waals surface area contributed by atoms with Crippen LogP contribution < -0.4 is 16.4 Å². The molecule has 2 unspecified atom stereocenters. The molecule has 0 heterocycles. The van der Waals surface area contributed by atoms with Gasteiger partial charge in [0.1, 0.15) is 6.61 Å². The summed E-state index contributed by atoms with van der Waals surface area (Å²) in [6, 6.07) is -0.149. The summed E-state index contributed by atoms with van der Waals surface area (Å²) < 4.78 is 4.52. The Labute approximate surface area is 95.9 Å². The molecule has 0 aromatic heterocycles. The first-order chi connectivity index (χ1) is 7.47. The molecule has 16 heavy (non-hydrogen) atoms. The molecule has 4 N–H and O–H groups in total. The smallest absolute Gasteiger partial charge is 0.404 e. The van der Waals surface area contributed by atoms with Crippen molar-refractivity contribution in [1.29, 1.82) is 0 Å². The Kier molecular flexibility index (Phi) is 7.28. The summed E-state index contributed by atoms with van der Waals surface area (Å²) in [5.74, 6) is -0.0616.